The Morgan fingerprint density at radius 1 is 1.00 bits per heavy atom. The zero-order valence-corrected chi connectivity index (χ0v) is 13.7. The molecule has 122 valence electrons. The van der Waals surface area contributed by atoms with Crippen molar-refractivity contribution in [3.63, 3.8) is 0 Å². The molecule has 1 atom stereocenters. The number of rotatable bonds is 14. The first-order valence-corrected chi connectivity index (χ1v) is 9.21. The highest BCUT2D eigenvalue weighted by Gasteiger charge is 2.05. The molecule has 0 radical (unpaired) electrons. The van der Waals surface area contributed by atoms with E-state index < -0.39 is 10.1 Å². The zero-order chi connectivity index (χ0) is 15.3. The molecule has 0 aromatic carbocycles. The molecule has 0 saturated carbocycles. The summed E-state index contributed by atoms with van der Waals surface area (Å²) in [7, 11) is -3.83. The van der Waals surface area contributed by atoms with Crippen molar-refractivity contribution in [1.82, 2.24) is 0 Å². The number of unbranched alkanes of at least 4 members (excludes halogenated alkanes) is 2. The predicted octanol–water partition coefficient (Wildman–Crippen LogP) is 2.90. The molecule has 0 aliphatic carbocycles. The molecule has 0 heterocycles. The topological polar surface area (TPSA) is 72.8 Å². The molecule has 20 heavy (non-hydrogen) atoms. The average Bonchev–Trinajstić information content (AvgIpc) is 2.39. The Kier molecular flexibility index (Phi) is 12.5. The summed E-state index contributed by atoms with van der Waals surface area (Å²) in [4.78, 5) is 0. The summed E-state index contributed by atoms with van der Waals surface area (Å²) in [6, 6.07) is 0. The number of ether oxygens (including phenoxy) is 2. The van der Waals surface area contributed by atoms with E-state index in [-0.39, 0.29) is 5.75 Å². The molecule has 1 unspecified atom stereocenters. The van der Waals surface area contributed by atoms with E-state index in [9.17, 15) is 8.42 Å². The molecule has 1 N–H and O–H groups in total. The van der Waals surface area contributed by atoms with Gasteiger partial charge in [-0.15, -0.1) is 0 Å². The van der Waals surface area contributed by atoms with Gasteiger partial charge in [0.05, 0.1) is 19.0 Å². The van der Waals surface area contributed by atoms with Gasteiger partial charge in [0.25, 0.3) is 10.1 Å². The molecule has 0 aromatic rings. The van der Waals surface area contributed by atoms with Crippen molar-refractivity contribution in [2.24, 2.45) is 5.92 Å². The van der Waals surface area contributed by atoms with Crippen LogP contribution in [0.1, 0.15) is 52.4 Å². The minimum atomic E-state index is -3.83. The molecule has 6 heteroatoms. The molecule has 0 bridgehead atoms. The van der Waals surface area contributed by atoms with Crippen LogP contribution in [0.2, 0.25) is 0 Å². The van der Waals surface area contributed by atoms with Crippen LogP contribution in [0.5, 0.6) is 0 Å². The molecule has 5 nitrogen and oxygen atoms in total. The Labute approximate surface area is 123 Å². The van der Waals surface area contributed by atoms with E-state index >= 15 is 0 Å². The molecular weight excluding hydrogens is 280 g/mol. The highest BCUT2D eigenvalue weighted by molar-refractivity contribution is 7.85. The minimum Gasteiger partial charge on any atom is -0.379 e. The predicted molar refractivity (Wildman–Crippen MR) is 80.6 cm³/mol. The monoisotopic (exact) mass is 310 g/mol. The van der Waals surface area contributed by atoms with Gasteiger partial charge < -0.3 is 9.47 Å². The maximum absolute atomic E-state index is 10.5. The first-order chi connectivity index (χ1) is 9.49. The first kappa shape index (κ1) is 19.8. The lowest BCUT2D eigenvalue weighted by Gasteiger charge is -2.14. The van der Waals surface area contributed by atoms with Crippen LogP contribution in [0, 0.1) is 5.92 Å². The fraction of sp³-hybridized carbons (Fsp3) is 1.00. The number of hydrogen-bond acceptors (Lipinski definition) is 4. The van der Waals surface area contributed by atoms with Crippen LogP contribution in [0.15, 0.2) is 0 Å². The smallest absolute Gasteiger partial charge is 0.264 e. The summed E-state index contributed by atoms with van der Waals surface area (Å²) in [6.07, 6.45) is 5.91. The van der Waals surface area contributed by atoms with Crippen molar-refractivity contribution in [2.75, 3.05) is 32.2 Å². The van der Waals surface area contributed by atoms with Crippen LogP contribution in [0.25, 0.3) is 0 Å². The Balaban J connectivity index is 3.31. The van der Waals surface area contributed by atoms with E-state index in [0.29, 0.717) is 38.6 Å². The van der Waals surface area contributed by atoms with Crippen LogP contribution < -0.4 is 0 Å². The van der Waals surface area contributed by atoms with Crippen molar-refractivity contribution in [2.45, 2.75) is 52.4 Å². The van der Waals surface area contributed by atoms with Gasteiger partial charge in [-0.1, -0.05) is 33.1 Å². The minimum absolute atomic E-state index is 0.192. The maximum atomic E-state index is 10.5. The molecule has 0 saturated heterocycles. The van der Waals surface area contributed by atoms with Gasteiger partial charge in [0.1, 0.15) is 0 Å². The molecule has 0 spiro atoms. The quantitative estimate of drug-likeness (QED) is 0.394. The van der Waals surface area contributed by atoms with Gasteiger partial charge >= 0.3 is 0 Å². The van der Waals surface area contributed by atoms with E-state index in [2.05, 4.69) is 13.8 Å². The first-order valence-electron chi connectivity index (χ1n) is 7.60. The van der Waals surface area contributed by atoms with E-state index in [0.717, 1.165) is 13.0 Å². The van der Waals surface area contributed by atoms with Crippen molar-refractivity contribution < 1.29 is 22.4 Å². The fourth-order valence-electron chi connectivity index (χ4n) is 1.86. The second kappa shape index (κ2) is 12.6. The Hall–Kier alpha value is -0.170. The Morgan fingerprint density at radius 2 is 1.70 bits per heavy atom. The van der Waals surface area contributed by atoms with Gasteiger partial charge in [0.15, 0.2) is 0 Å². The third kappa shape index (κ3) is 14.2. The van der Waals surface area contributed by atoms with Gasteiger partial charge in [-0.05, 0) is 25.2 Å². The highest BCUT2D eigenvalue weighted by Crippen LogP contribution is 2.12. The zero-order valence-electron chi connectivity index (χ0n) is 12.8. The number of hydrogen-bond donors (Lipinski definition) is 1. The summed E-state index contributed by atoms with van der Waals surface area (Å²) in [6.45, 7) is 6.81. The molecule has 0 fully saturated rings. The summed E-state index contributed by atoms with van der Waals surface area (Å²) in [5.74, 6) is 0.451. The summed E-state index contributed by atoms with van der Waals surface area (Å²) < 4.78 is 40.4. The van der Waals surface area contributed by atoms with Crippen molar-refractivity contribution in [3.8, 4) is 0 Å². The molecule has 0 aliphatic rings. The van der Waals surface area contributed by atoms with Crippen molar-refractivity contribution in [3.05, 3.63) is 0 Å². The molecule has 0 rings (SSSR count). The standard InChI is InChI=1S/C14H30O5S/c1-3-5-8-14(4-2)13-19-11-10-18-9-6-7-12-20(15,16)17/h14H,3-13H2,1-2H3,(H,15,16,17). The summed E-state index contributed by atoms with van der Waals surface area (Å²) >= 11 is 0. The van der Waals surface area contributed by atoms with E-state index in [1.165, 1.54) is 19.3 Å². The lowest BCUT2D eigenvalue weighted by molar-refractivity contribution is 0.0305. The van der Waals surface area contributed by atoms with Gasteiger partial charge in [-0.25, -0.2) is 0 Å². The highest BCUT2D eigenvalue weighted by atomic mass is 32.2. The van der Waals surface area contributed by atoms with Crippen molar-refractivity contribution in [1.29, 1.82) is 0 Å². The van der Waals surface area contributed by atoms with E-state index in [4.69, 9.17) is 14.0 Å². The van der Waals surface area contributed by atoms with Gasteiger partial charge in [-0.3, -0.25) is 4.55 Å². The SMILES string of the molecule is CCCCC(CC)COCCOCCCCS(=O)(=O)O. The second-order valence-electron chi connectivity index (χ2n) is 5.10. The molecule has 0 aliphatic heterocycles. The van der Waals surface area contributed by atoms with Crippen LogP contribution in [0.3, 0.4) is 0 Å². The molecule has 0 aromatic heterocycles. The Bertz CT molecular complexity index is 303. The average molecular weight is 310 g/mol. The lowest BCUT2D eigenvalue weighted by atomic mass is 10.0. The van der Waals surface area contributed by atoms with Crippen LogP contribution in [-0.2, 0) is 19.6 Å². The van der Waals surface area contributed by atoms with Gasteiger partial charge in [-0.2, -0.15) is 8.42 Å². The molecule has 0 amide bonds. The van der Waals surface area contributed by atoms with E-state index in [1.807, 2.05) is 0 Å². The van der Waals surface area contributed by atoms with Gasteiger partial charge in [0.2, 0.25) is 0 Å². The van der Waals surface area contributed by atoms with Gasteiger partial charge in [0, 0.05) is 13.2 Å². The lowest BCUT2D eigenvalue weighted by Crippen LogP contribution is -2.13. The molecular formula is C14H30O5S. The third-order valence-electron chi connectivity index (χ3n) is 3.21. The maximum Gasteiger partial charge on any atom is 0.264 e. The van der Waals surface area contributed by atoms with Crippen LogP contribution >= 0.6 is 0 Å². The van der Waals surface area contributed by atoms with Crippen LogP contribution in [0.4, 0.5) is 0 Å². The largest absolute Gasteiger partial charge is 0.379 e. The van der Waals surface area contributed by atoms with Crippen LogP contribution in [-0.4, -0.2) is 45.2 Å². The summed E-state index contributed by atoms with van der Waals surface area (Å²) in [5.41, 5.74) is 0. The summed E-state index contributed by atoms with van der Waals surface area (Å²) in [5, 5.41) is 0. The van der Waals surface area contributed by atoms with E-state index in [1.54, 1.807) is 0 Å². The fourth-order valence-corrected chi connectivity index (χ4v) is 2.43. The Morgan fingerprint density at radius 3 is 2.30 bits per heavy atom. The van der Waals surface area contributed by atoms with Crippen molar-refractivity contribution >= 4 is 10.1 Å². The third-order valence-corrected chi connectivity index (χ3v) is 4.01. The second-order valence-corrected chi connectivity index (χ2v) is 6.67. The normalized spacial score (nSPS) is 13.6.